The van der Waals surface area contributed by atoms with Crippen LogP contribution in [-0.2, 0) is 22.0 Å². The molecule has 0 aliphatic carbocycles. The first kappa shape index (κ1) is 24.1. The second-order valence-corrected chi connectivity index (χ2v) is 9.49. The Morgan fingerprint density at radius 2 is 1.94 bits per heavy atom. The van der Waals surface area contributed by atoms with Crippen LogP contribution in [0.1, 0.15) is 41.6 Å². The summed E-state index contributed by atoms with van der Waals surface area (Å²) in [5.74, 6) is -0.593. The molecule has 0 saturated carbocycles. The number of carbonyl (C=O) groups excluding carboxylic acids is 2. The summed E-state index contributed by atoms with van der Waals surface area (Å²) in [6.45, 7) is 0.967. The van der Waals surface area contributed by atoms with Crippen molar-refractivity contribution in [3.63, 3.8) is 0 Å². The Hall–Kier alpha value is -2.58. The predicted octanol–water partition coefficient (Wildman–Crippen LogP) is 2.63. The maximum atomic E-state index is 13.8. The summed E-state index contributed by atoms with van der Waals surface area (Å²) in [7, 11) is -1.27. The number of hydrogen-bond acceptors (Lipinski definition) is 4. The van der Waals surface area contributed by atoms with Crippen molar-refractivity contribution in [2.24, 2.45) is 5.73 Å². The highest BCUT2D eigenvalue weighted by molar-refractivity contribution is 7.84. The summed E-state index contributed by atoms with van der Waals surface area (Å²) >= 11 is 0. The van der Waals surface area contributed by atoms with Crippen LogP contribution in [0.2, 0.25) is 0 Å². The van der Waals surface area contributed by atoms with Gasteiger partial charge in [-0.05, 0) is 49.4 Å². The average molecular weight is 460 g/mol. The fourth-order valence-electron chi connectivity index (χ4n) is 4.07. The summed E-state index contributed by atoms with van der Waals surface area (Å²) in [4.78, 5) is 27.7. The van der Waals surface area contributed by atoms with E-state index in [9.17, 15) is 18.2 Å². The van der Waals surface area contributed by atoms with Crippen molar-refractivity contribution >= 4 is 22.6 Å². The molecule has 1 heterocycles. The molecule has 3 atom stereocenters. The van der Waals surface area contributed by atoms with Gasteiger partial charge in [-0.3, -0.25) is 13.8 Å². The van der Waals surface area contributed by atoms with Gasteiger partial charge in [0.2, 0.25) is 5.91 Å². The molecule has 32 heavy (non-hydrogen) atoms. The van der Waals surface area contributed by atoms with Crippen LogP contribution in [0.5, 0.6) is 0 Å². The predicted molar refractivity (Wildman–Crippen MR) is 123 cm³/mol. The summed E-state index contributed by atoms with van der Waals surface area (Å²) < 4.78 is 25.7. The molecule has 2 amide bonds. The molecule has 3 rings (SSSR count). The first-order chi connectivity index (χ1) is 15.4. The summed E-state index contributed by atoms with van der Waals surface area (Å²) in [5.41, 5.74) is 7.15. The summed E-state index contributed by atoms with van der Waals surface area (Å²) in [6, 6.07) is 13.0. The van der Waals surface area contributed by atoms with Crippen LogP contribution >= 0.6 is 0 Å². The number of halogens is 1. The molecule has 2 unspecified atom stereocenters. The number of nitrogens with one attached hydrogen (secondary N) is 1. The van der Waals surface area contributed by atoms with E-state index < -0.39 is 10.8 Å². The maximum absolute atomic E-state index is 13.8. The minimum absolute atomic E-state index is 0.0437. The third-order valence-electron chi connectivity index (χ3n) is 5.82. The van der Waals surface area contributed by atoms with Gasteiger partial charge in [-0.15, -0.1) is 0 Å². The van der Waals surface area contributed by atoms with Gasteiger partial charge < -0.3 is 16.0 Å². The summed E-state index contributed by atoms with van der Waals surface area (Å²) in [5, 5.41) is 2.89. The van der Waals surface area contributed by atoms with Gasteiger partial charge in [0, 0.05) is 37.8 Å². The van der Waals surface area contributed by atoms with Crippen molar-refractivity contribution in [1.29, 1.82) is 0 Å². The van der Waals surface area contributed by atoms with Gasteiger partial charge in [-0.25, -0.2) is 4.39 Å². The molecule has 172 valence electrons. The number of carbonyl (C=O) groups is 2. The van der Waals surface area contributed by atoms with Crippen molar-refractivity contribution in [1.82, 2.24) is 10.2 Å². The normalized spacial score (nSPS) is 17.7. The molecule has 0 aromatic heterocycles. The molecule has 0 spiro atoms. The number of nitrogens with two attached hydrogens (primary N) is 1. The number of aryl methyl sites for hydroxylation is 1. The topological polar surface area (TPSA) is 92.5 Å². The van der Waals surface area contributed by atoms with Crippen molar-refractivity contribution in [3.8, 4) is 0 Å². The lowest BCUT2D eigenvalue weighted by atomic mass is 10.0. The Balaban J connectivity index is 1.51. The van der Waals surface area contributed by atoms with E-state index in [1.54, 1.807) is 53.6 Å². The van der Waals surface area contributed by atoms with Crippen LogP contribution in [0, 0.1) is 5.82 Å². The minimum Gasteiger partial charge on any atom is -0.350 e. The number of hydrogen-bond donors (Lipinski definition) is 2. The maximum Gasteiger partial charge on any atom is 0.252 e. The van der Waals surface area contributed by atoms with E-state index in [-0.39, 0.29) is 36.1 Å². The van der Waals surface area contributed by atoms with Crippen molar-refractivity contribution in [2.75, 3.05) is 19.3 Å². The van der Waals surface area contributed by atoms with Crippen LogP contribution in [0.15, 0.2) is 53.4 Å². The first-order valence-electron chi connectivity index (χ1n) is 10.9. The number of likely N-dealkylation sites (tertiary alicyclic amines) is 1. The number of benzene rings is 2. The molecule has 1 aliphatic heterocycles. The van der Waals surface area contributed by atoms with Gasteiger partial charge in [0.25, 0.3) is 5.91 Å². The highest BCUT2D eigenvalue weighted by atomic mass is 32.2. The first-order valence-corrected chi connectivity index (χ1v) is 12.4. The monoisotopic (exact) mass is 459 g/mol. The Kier molecular flexibility index (Phi) is 8.53. The fourth-order valence-corrected chi connectivity index (χ4v) is 4.81. The van der Waals surface area contributed by atoms with E-state index in [2.05, 4.69) is 5.32 Å². The number of rotatable bonds is 9. The van der Waals surface area contributed by atoms with E-state index in [1.807, 2.05) is 0 Å². The van der Waals surface area contributed by atoms with Gasteiger partial charge in [-0.2, -0.15) is 0 Å². The molecular formula is C24H30FN3O3S. The second-order valence-electron chi connectivity index (χ2n) is 8.14. The summed E-state index contributed by atoms with van der Waals surface area (Å²) in [6.07, 6.45) is 4.41. The molecule has 0 radical (unpaired) electrons. The van der Waals surface area contributed by atoms with Gasteiger partial charge in [0.15, 0.2) is 0 Å². The molecule has 8 heteroatoms. The van der Waals surface area contributed by atoms with Gasteiger partial charge in [0.05, 0.1) is 21.3 Å². The molecule has 6 nitrogen and oxygen atoms in total. The van der Waals surface area contributed by atoms with Crippen LogP contribution in [0.3, 0.4) is 0 Å². The third kappa shape index (κ3) is 6.23. The van der Waals surface area contributed by atoms with E-state index in [0.29, 0.717) is 42.0 Å². The molecule has 1 aliphatic rings. The Bertz CT molecular complexity index is 984. The number of nitrogens with zero attached hydrogens (tertiary/aromatic N) is 1. The number of amides is 2. The fraction of sp³-hybridized carbons (Fsp3) is 0.417. The van der Waals surface area contributed by atoms with Gasteiger partial charge >= 0.3 is 0 Å². The average Bonchev–Trinajstić information content (AvgIpc) is 3.25. The Morgan fingerprint density at radius 1 is 1.22 bits per heavy atom. The van der Waals surface area contributed by atoms with E-state index in [1.165, 1.54) is 6.07 Å². The van der Waals surface area contributed by atoms with Crippen molar-refractivity contribution in [3.05, 3.63) is 65.5 Å². The molecule has 2 aromatic rings. The van der Waals surface area contributed by atoms with Crippen molar-refractivity contribution < 1.29 is 18.2 Å². The standard InChI is InChI=1S/C24H30FN3O3S/c1-32(31)22-11-5-3-9-20(22)24(30)27-16-19-8-6-14-28(19)23(29)15-18(26)13-12-17-7-2-4-10-21(17)25/h2-5,7,9-11,18-19H,6,8,12-16,26H2,1H3,(H,27,30)/t18?,19-,32?/m0/s1. The Morgan fingerprint density at radius 3 is 2.69 bits per heavy atom. The lowest BCUT2D eigenvalue weighted by Crippen LogP contribution is -2.44. The second kappa shape index (κ2) is 11.3. The zero-order valence-corrected chi connectivity index (χ0v) is 19.1. The van der Waals surface area contributed by atoms with E-state index >= 15 is 0 Å². The van der Waals surface area contributed by atoms with Gasteiger partial charge in [0.1, 0.15) is 5.82 Å². The van der Waals surface area contributed by atoms with Crippen LogP contribution in [-0.4, -0.2) is 52.4 Å². The lowest BCUT2D eigenvalue weighted by molar-refractivity contribution is -0.132. The zero-order chi connectivity index (χ0) is 23.1. The molecule has 3 N–H and O–H groups in total. The highest BCUT2D eigenvalue weighted by Gasteiger charge is 2.30. The molecule has 1 saturated heterocycles. The lowest BCUT2D eigenvalue weighted by Gasteiger charge is -2.26. The molecule has 1 fully saturated rings. The van der Waals surface area contributed by atoms with Crippen LogP contribution in [0.4, 0.5) is 4.39 Å². The quantitative estimate of drug-likeness (QED) is 0.603. The van der Waals surface area contributed by atoms with Crippen molar-refractivity contribution in [2.45, 2.75) is 49.1 Å². The smallest absolute Gasteiger partial charge is 0.252 e. The third-order valence-corrected chi connectivity index (χ3v) is 6.79. The highest BCUT2D eigenvalue weighted by Crippen LogP contribution is 2.20. The SMILES string of the molecule is CS(=O)c1ccccc1C(=O)NC[C@@H]1CCCN1C(=O)CC(N)CCc1ccccc1F. The molecule has 2 aromatic carbocycles. The van der Waals surface area contributed by atoms with Crippen LogP contribution < -0.4 is 11.1 Å². The minimum atomic E-state index is -1.27. The zero-order valence-electron chi connectivity index (χ0n) is 18.3. The van der Waals surface area contributed by atoms with Gasteiger partial charge in [-0.1, -0.05) is 30.3 Å². The van der Waals surface area contributed by atoms with Crippen LogP contribution in [0.25, 0.3) is 0 Å². The largest absolute Gasteiger partial charge is 0.350 e. The molecular weight excluding hydrogens is 429 g/mol. The molecule has 0 bridgehead atoms. The van der Waals surface area contributed by atoms with E-state index in [4.69, 9.17) is 5.73 Å². The Labute approximate surface area is 190 Å². The van der Waals surface area contributed by atoms with E-state index in [0.717, 1.165) is 12.8 Å².